The van der Waals surface area contributed by atoms with Crippen LogP contribution < -0.4 is 5.73 Å². The molecule has 1 saturated heterocycles. The Hall–Kier alpha value is -0.900. The van der Waals surface area contributed by atoms with E-state index in [0.29, 0.717) is 18.2 Å². The molecule has 1 saturated carbocycles. The second-order valence-corrected chi connectivity index (χ2v) is 5.28. The van der Waals surface area contributed by atoms with Gasteiger partial charge in [-0.2, -0.15) is 0 Å². The summed E-state index contributed by atoms with van der Waals surface area (Å²) in [6.45, 7) is 1.74. The number of nitrogens with two attached hydrogens (primary N) is 1. The first-order valence-corrected chi connectivity index (χ1v) is 6.73. The van der Waals surface area contributed by atoms with E-state index >= 15 is 0 Å². The first-order chi connectivity index (χ1) is 8.18. The Balaban J connectivity index is 1.93. The van der Waals surface area contributed by atoms with E-state index in [0.717, 1.165) is 45.2 Å². The van der Waals surface area contributed by atoms with E-state index in [2.05, 4.69) is 4.90 Å². The predicted molar refractivity (Wildman–Crippen MR) is 65.4 cm³/mol. The van der Waals surface area contributed by atoms with E-state index in [-0.39, 0.29) is 11.8 Å². The largest absolute Gasteiger partial charge is 0.370 e. The maximum atomic E-state index is 11.9. The van der Waals surface area contributed by atoms with Gasteiger partial charge in [0.25, 0.3) is 0 Å². The number of Topliss-reactive ketones (excluding diaryl/α,β-unsaturated/α-hetero) is 1. The molecular weight excluding hydrogens is 216 g/mol. The molecule has 2 unspecified atom stereocenters. The highest BCUT2D eigenvalue weighted by molar-refractivity contribution is 5.82. The molecule has 96 valence electrons. The van der Waals surface area contributed by atoms with Crippen molar-refractivity contribution in [3.8, 4) is 0 Å². The van der Waals surface area contributed by atoms with Crippen LogP contribution >= 0.6 is 0 Å². The molecule has 2 N–H and O–H groups in total. The van der Waals surface area contributed by atoms with Crippen molar-refractivity contribution >= 4 is 11.7 Å². The summed E-state index contributed by atoms with van der Waals surface area (Å²) < 4.78 is 0. The monoisotopic (exact) mass is 238 g/mol. The van der Waals surface area contributed by atoms with Gasteiger partial charge in [-0.15, -0.1) is 0 Å². The fraction of sp³-hybridized carbons (Fsp3) is 0.846. The lowest BCUT2D eigenvalue weighted by Crippen LogP contribution is -2.41. The summed E-state index contributed by atoms with van der Waals surface area (Å²) >= 11 is 0. The summed E-state index contributed by atoms with van der Waals surface area (Å²) in [6.07, 6.45) is 6.70. The molecule has 2 fully saturated rings. The number of rotatable bonds is 4. The van der Waals surface area contributed by atoms with Crippen molar-refractivity contribution in [3.05, 3.63) is 0 Å². The molecule has 2 aliphatic rings. The number of primary amides is 1. The number of hydrogen-bond acceptors (Lipinski definition) is 3. The first-order valence-electron chi connectivity index (χ1n) is 6.73. The third-order valence-electron chi connectivity index (χ3n) is 4.13. The number of carbonyl (C=O) groups is 2. The molecule has 1 aliphatic heterocycles. The molecule has 0 aromatic heterocycles. The molecular formula is C13H22N2O2. The fourth-order valence-electron chi connectivity index (χ4n) is 3.26. The second kappa shape index (κ2) is 5.63. The molecule has 1 heterocycles. The van der Waals surface area contributed by atoms with E-state index in [9.17, 15) is 9.59 Å². The highest BCUT2D eigenvalue weighted by Gasteiger charge is 2.36. The van der Waals surface area contributed by atoms with Crippen molar-refractivity contribution in [2.45, 2.75) is 51.0 Å². The van der Waals surface area contributed by atoms with Gasteiger partial charge >= 0.3 is 0 Å². The lowest BCUT2D eigenvalue weighted by atomic mass is 9.82. The van der Waals surface area contributed by atoms with Gasteiger partial charge in [-0.25, -0.2) is 0 Å². The molecule has 0 aromatic carbocycles. The minimum Gasteiger partial charge on any atom is -0.370 e. The average molecular weight is 238 g/mol. The van der Waals surface area contributed by atoms with Gasteiger partial charge in [-0.3, -0.25) is 14.5 Å². The summed E-state index contributed by atoms with van der Waals surface area (Å²) in [7, 11) is 0. The van der Waals surface area contributed by atoms with Crippen LogP contribution in [-0.2, 0) is 9.59 Å². The van der Waals surface area contributed by atoms with Crippen LogP contribution in [0.25, 0.3) is 0 Å². The van der Waals surface area contributed by atoms with Crippen molar-refractivity contribution in [1.82, 2.24) is 4.90 Å². The van der Waals surface area contributed by atoms with Crippen LogP contribution in [0, 0.1) is 5.92 Å². The summed E-state index contributed by atoms with van der Waals surface area (Å²) in [6, 6.07) is 0.377. The van der Waals surface area contributed by atoms with E-state index in [1.807, 2.05) is 0 Å². The smallest absolute Gasteiger partial charge is 0.218 e. The van der Waals surface area contributed by atoms with E-state index in [1.54, 1.807) is 0 Å². The van der Waals surface area contributed by atoms with Crippen molar-refractivity contribution in [2.75, 3.05) is 13.1 Å². The minimum absolute atomic E-state index is 0.221. The Morgan fingerprint density at radius 3 is 2.82 bits per heavy atom. The zero-order chi connectivity index (χ0) is 12.3. The standard InChI is InChI=1S/C13H22N2O2/c14-13(17)7-9-15-8-3-5-11(15)10-4-1-2-6-12(10)16/h10-11H,1-9H2,(H2,14,17). The van der Waals surface area contributed by atoms with Gasteiger partial charge in [0, 0.05) is 31.3 Å². The van der Waals surface area contributed by atoms with Gasteiger partial charge in [0.1, 0.15) is 5.78 Å². The summed E-state index contributed by atoms with van der Waals surface area (Å²) in [5, 5.41) is 0. The number of likely N-dealkylation sites (tertiary alicyclic amines) is 1. The molecule has 4 heteroatoms. The number of hydrogen-bond donors (Lipinski definition) is 1. The number of nitrogens with zero attached hydrogens (tertiary/aromatic N) is 1. The van der Waals surface area contributed by atoms with Crippen LogP contribution in [0.4, 0.5) is 0 Å². The van der Waals surface area contributed by atoms with Crippen LogP contribution in [0.3, 0.4) is 0 Å². The van der Waals surface area contributed by atoms with E-state index in [4.69, 9.17) is 5.73 Å². The molecule has 1 aliphatic carbocycles. The third-order valence-corrected chi connectivity index (χ3v) is 4.13. The molecule has 0 spiro atoms. The van der Waals surface area contributed by atoms with Crippen LogP contribution in [0.2, 0.25) is 0 Å². The average Bonchev–Trinajstić information content (AvgIpc) is 2.75. The van der Waals surface area contributed by atoms with Crippen LogP contribution in [0.5, 0.6) is 0 Å². The molecule has 2 atom stereocenters. The lowest BCUT2D eigenvalue weighted by Gasteiger charge is -2.32. The summed E-state index contributed by atoms with van der Waals surface area (Å²) in [5.41, 5.74) is 5.19. The van der Waals surface area contributed by atoms with Crippen LogP contribution in [0.15, 0.2) is 0 Å². The zero-order valence-electron chi connectivity index (χ0n) is 10.4. The molecule has 4 nitrogen and oxygen atoms in total. The van der Waals surface area contributed by atoms with Gasteiger partial charge in [0.05, 0.1) is 0 Å². The number of carbonyl (C=O) groups excluding carboxylic acids is 2. The SMILES string of the molecule is NC(=O)CCN1CCCC1C1CCCCC1=O. The van der Waals surface area contributed by atoms with Crippen molar-refractivity contribution in [3.63, 3.8) is 0 Å². The van der Waals surface area contributed by atoms with Crippen molar-refractivity contribution in [1.29, 1.82) is 0 Å². The zero-order valence-corrected chi connectivity index (χ0v) is 10.4. The van der Waals surface area contributed by atoms with Gasteiger partial charge in [0.2, 0.25) is 5.91 Å². The lowest BCUT2D eigenvalue weighted by molar-refractivity contribution is -0.126. The molecule has 0 bridgehead atoms. The topological polar surface area (TPSA) is 63.4 Å². The fourth-order valence-corrected chi connectivity index (χ4v) is 3.26. The Kier molecular flexibility index (Phi) is 4.15. The van der Waals surface area contributed by atoms with Crippen LogP contribution in [-0.4, -0.2) is 35.7 Å². The Morgan fingerprint density at radius 1 is 1.29 bits per heavy atom. The van der Waals surface area contributed by atoms with Gasteiger partial charge < -0.3 is 5.73 Å². The Morgan fingerprint density at radius 2 is 2.12 bits per heavy atom. The van der Waals surface area contributed by atoms with Gasteiger partial charge in [-0.05, 0) is 32.2 Å². The molecule has 17 heavy (non-hydrogen) atoms. The van der Waals surface area contributed by atoms with Crippen molar-refractivity contribution < 1.29 is 9.59 Å². The van der Waals surface area contributed by atoms with Gasteiger partial charge in [-0.1, -0.05) is 6.42 Å². The summed E-state index contributed by atoms with van der Waals surface area (Å²) in [5.74, 6) is 0.414. The minimum atomic E-state index is -0.245. The van der Waals surface area contributed by atoms with Gasteiger partial charge in [0.15, 0.2) is 0 Å². The molecule has 0 radical (unpaired) electrons. The highest BCUT2D eigenvalue weighted by Crippen LogP contribution is 2.32. The highest BCUT2D eigenvalue weighted by atomic mass is 16.1. The number of ketones is 1. The Labute approximate surface area is 103 Å². The molecule has 0 aromatic rings. The second-order valence-electron chi connectivity index (χ2n) is 5.28. The van der Waals surface area contributed by atoms with Crippen molar-refractivity contribution in [2.24, 2.45) is 11.7 Å². The van der Waals surface area contributed by atoms with Crippen LogP contribution in [0.1, 0.15) is 44.9 Å². The Bertz CT molecular complexity index is 304. The quantitative estimate of drug-likeness (QED) is 0.797. The molecule has 2 rings (SSSR count). The number of amides is 1. The molecule has 1 amide bonds. The normalized spacial score (nSPS) is 30.7. The van der Waals surface area contributed by atoms with E-state index in [1.165, 1.54) is 6.42 Å². The third kappa shape index (κ3) is 3.06. The predicted octanol–water partition coefficient (Wildman–Crippen LogP) is 1.09. The first kappa shape index (κ1) is 12.6. The maximum absolute atomic E-state index is 11.9. The summed E-state index contributed by atoms with van der Waals surface area (Å²) in [4.78, 5) is 25.1. The van der Waals surface area contributed by atoms with E-state index < -0.39 is 0 Å². The maximum Gasteiger partial charge on any atom is 0.218 e.